The Morgan fingerprint density at radius 2 is 0.583 bits per heavy atom. The van der Waals surface area contributed by atoms with E-state index in [0.717, 1.165) is 62.3 Å². The van der Waals surface area contributed by atoms with E-state index in [4.69, 9.17) is 56.8 Å². The lowest BCUT2D eigenvalue weighted by molar-refractivity contribution is -0.224. The number of hydrogen-bond acceptors (Lipinski definition) is 35. The van der Waals surface area contributed by atoms with Gasteiger partial charge >= 0.3 is 59.7 Å². The molecule has 0 saturated carbocycles. The molecule has 46 nitrogen and oxygen atoms in total. The van der Waals surface area contributed by atoms with Crippen LogP contribution in [0.2, 0.25) is 0 Å². The van der Waals surface area contributed by atoms with E-state index in [2.05, 4.69) is 47.9 Å². The minimum Gasteiger partial charge on any atom is -0.480 e. The van der Waals surface area contributed by atoms with Crippen molar-refractivity contribution in [1.29, 1.82) is 0 Å². The van der Waals surface area contributed by atoms with Gasteiger partial charge < -0.3 is 115 Å². The summed E-state index contributed by atoms with van der Waals surface area (Å²) in [5.41, 5.74) is 0. The lowest BCUT2D eigenvalue weighted by Gasteiger charge is -2.45. The lowest BCUT2D eigenvalue weighted by Crippen LogP contribution is -2.66. The van der Waals surface area contributed by atoms with Crippen molar-refractivity contribution in [1.82, 2.24) is 52.8 Å². The van der Waals surface area contributed by atoms with Gasteiger partial charge in [0.05, 0.1) is 36.4 Å². The number of amides is 10. The average molecular weight is 1810 g/mol. The van der Waals surface area contributed by atoms with Crippen molar-refractivity contribution in [2.75, 3.05) is 65.6 Å². The number of carbonyl (C=O) groups excluding carboxylic acids is 22. The molecule has 127 heavy (non-hydrogen) atoms. The second-order valence-corrected chi connectivity index (χ2v) is 30.3. The Bertz CT molecular complexity index is 3710. The maximum Gasteiger partial charge on any atom is 0.326 e. The van der Waals surface area contributed by atoms with Gasteiger partial charge in [-0.05, 0) is 83.5 Å². The number of esters is 9. The largest absolute Gasteiger partial charge is 0.480 e. The zero-order valence-corrected chi connectivity index (χ0v) is 73.6. The molecule has 15 unspecified atom stereocenters. The molecule has 0 bridgehead atoms. The van der Waals surface area contributed by atoms with E-state index in [1.165, 1.54) is 25.7 Å². The van der Waals surface area contributed by atoms with E-state index in [1.807, 2.05) is 0 Å². The number of ketones is 3. The summed E-state index contributed by atoms with van der Waals surface area (Å²) in [7, 11) is 0. The molecule has 0 aromatic carbocycles. The summed E-state index contributed by atoms with van der Waals surface area (Å²) >= 11 is 0. The third-order valence-corrected chi connectivity index (χ3v) is 19.5. The van der Waals surface area contributed by atoms with E-state index in [1.54, 1.807) is 0 Å². The topological polar surface area (TPSA) is 635 Å². The number of Topliss-reactive ketones (excluding diaryl/α,β-unsaturated/α-hetero) is 3. The van der Waals surface area contributed by atoms with Crippen molar-refractivity contribution in [2.24, 2.45) is 0 Å². The highest BCUT2D eigenvalue weighted by Crippen LogP contribution is 2.34. The molecule has 3 rings (SSSR count). The highest BCUT2D eigenvalue weighted by Gasteiger charge is 2.54. The van der Waals surface area contributed by atoms with Crippen molar-refractivity contribution < 1.29 is 172 Å². The molecular formula is C81H122N10O36. The van der Waals surface area contributed by atoms with Gasteiger partial charge in [-0.1, -0.05) is 0 Å². The summed E-state index contributed by atoms with van der Waals surface area (Å²) < 4.78 is 66.4. The molecule has 0 aromatic heterocycles. The van der Waals surface area contributed by atoms with Crippen LogP contribution >= 0.6 is 0 Å². The predicted molar refractivity (Wildman–Crippen MR) is 431 cm³/mol. The molecule has 3 aliphatic heterocycles. The standard InChI is InChI=1S/C81H122N10O36/c1-43(92)87-69-59(125-62(40-116-46(4)95)72(119-49(7)98)75(69)122-52(10)101)25-19-22-56(104)78(111)84-33-16-13-28-65(107)82-36-38-91(39-37-83-66(108)29-14-17-34-85-79(112)57(105)23-20-26-60-70(88-44(2)93)76(123-53(11)102)73(120-50(8)99)63(126-60)41-117-47(5)96)68(110)32-31-55(81(114)115)90-67(109)30-15-18-35-86-80(113)58(106)24-21-27-61-71(89-45(3)94)77(124-54(12)103)74(121-51(9)100)64(127-61)42-118-48(6)97/h55,59-64,69-77H,13-42H2,1-12H3,(H,82,107)(H,83,108)(H,84,111)(H,85,112)(H,86,113)(H,87,92)(H,88,93)(H,89,94)(H,90,109)(H,114,115)/t55-,59?,60?,61?,62?,63?,64?,69?,70?,71?,72?,73?,74?,75?,76?,77?/m0/s1. The molecule has 3 saturated heterocycles. The molecule has 3 heterocycles. The van der Waals surface area contributed by atoms with Crippen LogP contribution in [0.15, 0.2) is 0 Å². The fourth-order valence-corrected chi connectivity index (χ4v) is 14.0. The molecule has 3 aliphatic rings. The van der Waals surface area contributed by atoms with Gasteiger partial charge in [-0.25, -0.2) is 4.79 Å². The van der Waals surface area contributed by atoms with Gasteiger partial charge in [0.25, 0.3) is 17.7 Å². The van der Waals surface area contributed by atoms with Crippen LogP contribution in [0.3, 0.4) is 0 Å². The van der Waals surface area contributed by atoms with E-state index in [0.29, 0.717) is 0 Å². The average Bonchev–Trinajstić information content (AvgIpc) is 0.795. The molecule has 0 spiro atoms. The molecule has 46 heteroatoms. The van der Waals surface area contributed by atoms with Crippen molar-refractivity contribution in [2.45, 2.75) is 309 Å². The van der Waals surface area contributed by atoms with Crippen molar-refractivity contribution in [3.63, 3.8) is 0 Å². The smallest absolute Gasteiger partial charge is 0.326 e. The number of ether oxygens (including phenoxy) is 12. The number of hydrogen-bond donors (Lipinski definition) is 10. The molecule has 10 amide bonds. The van der Waals surface area contributed by atoms with E-state index >= 15 is 0 Å². The molecular weight excluding hydrogens is 1690 g/mol. The lowest BCUT2D eigenvalue weighted by atomic mass is 9.89. The first kappa shape index (κ1) is 109. The minimum absolute atomic E-state index is 0.00344. The van der Waals surface area contributed by atoms with Crippen molar-refractivity contribution in [3.8, 4) is 0 Å². The zero-order valence-electron chi connectivity index (χ0n) is 73.6. The summed E-state index contributed by atoms with van der Waals surface area (Å²) in [4.78, 5) is 290. The van der Waals surface area contributed by atoms with Crippen LogP contribution in [-0.4, -0.2) is 309 Å². The molecule has 712 valence electrons. The number of aliphatic carboxylic acids is 1. The number of nitrogens with one attached hydrogen (secondary N) is 9. The van der Waals surface area contributed by atoms with Crippen LogP contribution in [0.4, 0.5) is 0 Å². The first-order chi connectivity index (χ1) is 59.9. The van der Waals surface area contributed by atoms with Gasteiger partial charge in [0.1, 0.15) is 44.2 Å². The van der Waals surface area contributed by atoms with Gasteiger partial charge in [0, 0.05) is 174 Å². The fourth-order valence-electron chi connectivity index (χ4n) is 14.0. The van der Waals surface area contributed by atoms with E-state index in [-0.39, 0.29) is 161 Å². The number of rotatable bonds is 56. The SMILES string of the molecule is CC(=O)NC1C(CCCC(=O)C(=O)NCCCCC(=O)NCCN(CCNC(=O)CCCCNC(=O)C(=O)CCCC2OC(COC(C)=O)C(OC(C)=O)C(OC(C)=O)C2NC(C)=O)C(=O)CC[C@H](NC(=O)CCCCNC(=O)C(=O)CCCC2OC(COC(C)=O)C(OC(C)=O)C(OC(C)=O)C2NC(C)=O)C(=O)O)OC(COC(C)=O)C(OC(C)=O)C1OC(C)=O. The Kier molecular flexibility index (Phi) is 49.8. The van der Waals surface area contributed by atoms with Gasteiger partial charge in [0.2, 0.25) is 58.7 Å². The summed E-state index contributed by atoms with van der Waals surface area (Å²) in [5.74, 6) is -17.9. The van der Waals surface area contributed by atoms with Gasteiger partial charge in [0.15, 0.2) is 36.6 Å². The van der Waals surface area contributed by atoms with E-state index in [9.17, 15) is 115 Å². The second kappa shape index (κ2) is 57.8. The Morgan fingerprint density at radius 1 is 0.307 bits per heavy atom. The highest BCUT2D eigenvalue weighted by atomic mass is 16.7. The summed E-state index contributed by atoms with van der Waals surface area (Å²) in [6.07, 6.45) is -15.8. The summed E-state index contributed by atoms with van der Waals surface area (Å²) in [6, 6.07) is -4.96. The third kappa shape index (κ3) is 43.4. The number of nitrogens with zero attached hydrogens (tertiary/aromatic N) is 1. The number of unbranched alkanes of at least 4 members (excludes halogenated alkanes) is 3. The fraction of sp³-hybridized carbons (Fsp3) is 0.716. The van der Waals surface area contributed by atoms with Gasteiger partial charge in [-0.15, -0.1) is 0 Å². The number of carbonyl (C=O) groups is 23. The molecule has 16 atom stereocenters. The molecule has 0 aliphatic carbocycles. The Hall–Kier alpha value is -11.7. The van der Waals surface area contributed by atoms with Crippen molar-refractivity contribution >= 4 is 136 Å². The molecule has 3 fully saturated rings. The number of carboxylic acids is 1. The van der Waals surface area contributed by atoms with Crippen LogP contribution in [0.5, 0.6) is 0 Å². The number of carboxylic acid groups (broad SMARTS) is 1. The Morgan fingerprint density at radius 3 is 0.843 bits per heavy atom. The molecule has 10 N–H and O–H groups in total. The summed E-state index contributed by atoms with van der Waals surface area (Å²) in [6.45, 7) is 11.3. The highest BCUT2D eigenvalue weighted by molar-refractivity contribution is 6.37. The zero-order chi connectivity index (χ0) is 95.2. The van der Waals surface area contributed by atoms with E-state index < -0.39 is 266 Å². The first-order valence-corrected chi connectivity index (χ1v) is 41.8. The molecule has 0 radical (unpaired) electrons. The van der Waals surface area contributed by atoms with Crippen molar-refractivity contribution in [3.05, 3.63) is 0 Å². The quantitative estimate of drug-likeness (QED) is 0.0131. The minimum atomic E-state index is -1.59. The third-order valence-electron chi connectivity index (χ3n) is 19.5. The van der Waals surface area contributed by atoms with Crippen LogP contribution < -0.4 is 47.9 Å². The predicted octanol–water partition coefficient (Wildman–Crippen LogP) is -2.43. The van der Waals surface area contributed by atoms with Crippen LogP contribution in [0, 0.1) is 0 Å². The first-order valence-electron chi connectivity index (χ1n) is 41.8. The summed E-state index contributed by atoms with van der Waals surface area (Å²) in [5, 5.41) is 33.2. The second-order valence-electron chi connectivity index (χ2n) is 30.3. The van der Waals surface area contributed by atoms with Crippen LogP contribution in [0.1, 0.15) is 212 Å². The van der Waals surface area contributed by atoms with Crippen LogP contribution in [0.25, 0.3) is 0 Å². The van der Waals surface area contributed by atoms with Gasteiger partial charge in [-0.3, -0.25) is 105 Å². The normalized spacial score (nSPS) is 21.8. The Balaban J connectivity index is 1.61. The van der Waals surface area contributed by atoms with Gasteiger partial charge in [-0.2, -0.15) is 0 Å². The van der Waals surface area contributed by atoms with Crippen LogP contribution in [-0.2, 0) is 167 Å². The maximum atomic E-state index is 13.9. The Labute approximate surface area is 732 Å². The maximum absolute atomic E-state index is 13.9. The monoisotopic (exact) mass is 1810 g/mol. The molecule has 0 aromatic rings.